The molecule has 0 spiro atoms. The Labute approximate surface area is 475 Å². The molecule has 0 aliphatic rings. The van der Waals surface area contributed by atoms with Crippen LogP contribution in [0.3, 0.4) is 0 Å². The maximum Gasteiger partial charge on any atom is 0.472 e. The number of aliphatic hydroxyl groups is 1. The smallest absolute Gasteiger partial charge is 0.387 e. The molecular formula is C67H136N2O6P+. The molecule has 3 unspecified atom stereocenters. The topological polar surface area (TPSA) is 105 Å². The van der Waals surface area contributed by atoms with Crippen LogP contribution in [0.25, 0.3) is 0 Å². The van der Waals surface area contributed by atoms with E-state index < -0.39 is 20.0 Å². The number of phosphoric ester groups is 1. The Morgan fingerprint density at radius 2 is 0.697 bits per heavy atom. The first kappa shape index (κ1) is 75.2. The molecule has 454 valence electrons. The Hall–Kier alpha value is -0.760. The lowest BCUT2D eigenvalue weighted by Crippen LogP contribution is -2.45. The number of likely N-dealkylation sites (N-methyl/N-ethyl adjacent to an activating group) is 1. The van der Waals surface area contributed by atoms with Crippen LogP contribution in [0.15, 0.2) is 12.2 Å². The molecule has 0 aromatic heterocycles. The van der Waals surface area contributed by atoms with Crippen LogP contribution in [0.1, 0.15) is 361 Å². The summed E-state index contributed by atoms with van der Waals surface area (Å²) < 4.78 is 23.8. The van der Waals surface area contributed by atoms with Crippen molar-refractivity contribution in [2.75, 3.05) is 40.9 Å². The monoisotopic (exact) mass is 1100 g/mol. The quantitative estimate of drug-likeness (QED) is 0.0243. The summed E-state index contributed by atoms with van der Waals surface area (Å²) >= 11 is 0. The zero-order valence-electron chi connectivity index (χ0n) is 52.0. The molecule has 0 heterocycles. The van der Waals surface area contributed by atoms with E-state index in [4.69, 9.17) is 9.05 Å². The minimum absolute atomic E-state index is 0.0655. The molecule has 0 aliphatic carbocycles. The third-order valence-corrected chi connectivity index (χ3v) is 17.0. The highest BCUT2D eigenvalue weighted by Gasteiger charge is 2.28. The standard InChI is InChI=1S/C67H135N2O6P/c1-6-8-10-12-14-16-18-20-22-24-26-28-30-32-33-34-35-36-37-38-40-42-44-46-48-50-52-54-56-58-60-66(70)65(64-75-76(72,73)74-63-62-69(3,4)5)68-67(71)61-59-57-55-53-51-49-47-45-43-41-39-31-29-27-25-23-21-19-17-15-13-11-9-7-2/h58,60,65-66,70H,6-57,59,61-64H2,1-5H3,(H-,68,71,72,73)/p+1/b60-58+. The SMILES string of the molecule is CCCCCCCCCCCCCCCCCCCCCCCCCCCCCC/C=C/C(O)C(COP(=O)(O)OCC[N+](C)(C)C)NC(=O)CCCCCCCCCCCCCCCCCCCCCCCCCC. The van der Waals surface area contributed by atoms with Crippen molar-refractivity contribution in [2.24, 2.45) is 0 Å². The zero-order chi connectivity index (χ0) is 55.6. The number of amides is 1. The highest BCUT2D eigenvalue weighted by atomic mass is 31.2. The molecular weight excluding hydrogens is 960 g/mol. The molecule has 0 aromatic carbocycles. The lowest BCUT2D eigenvalue weighted by atomic mass is 10.0. The predicted octanol–water partition coefficient (Wildman–Crippen LogP) is 21.3. The van der Waals surface area contributed by atoms with Crippen molar-refractivity contribution >= 4 is 13.7 Å². The Morgan fingerprint density at radius 3 is 0.974 bits per heavy atom. The number of quaternary nitrogens is 1. The highest BCUT2D eigenvalue weighted by Crippen LogP contribution is 2.43. The summed E-state index contributed by atoms with van der Waals surface area (Å²) in [5.41, 5.74) is 0. The first-order valence-corrected chi connectivity index (χ1v) is 35.6. The third-order valence-electron chi connectivity index (χ3n) is 16.0. The van der Waals surface area contributed by atoms with Crippen molar-refractivity contribution in [3.05, 3.63) is 12.2 Å². The molecule has 8 nitrogen and oxygen atoms in total. The van der Waals surface area contributed by atoms with Gasteiger partial charge in [-0.05, 0) is 19.3 Å². The minimum Gasteiger partial charge on any atom is -0.387 e. The Morgan fingerprint density at radius 1 is 0.434 bits per heavy atom. The molecule has 9 heteroatoms. The van der Waals surface area contributed by atoms with Crippen LogP contribution in [-0.4, -0.2) is 73.4 Å². The van der Waals surface area contributed by atoms with E-state index in [1.165, 1.54) is 308 Å². The summed E-state index contributed by atoms with van der Waals surface area (Å²) in [5, 5.41) is 14.0. The number of aliphatic hydroxyl groups excluding tert-OH is 1. The summed E-state index contributed by atoms with van der Waals surface area (Å²) in [6, 6.07) is -0.843. The van der Waals surface area contributed by atoms with Crippen molar-refractivity contribution < 1.29 is 32.9 Å². The second-order valence-corrected chi connectivity index (χ2v) is 26.4. The van der Waals surface area contributed by atoms with Gasteiger partial charge >= 0.3 is 7.82 Å². The Balaban J connectivity index is 4.05. The largest absolute Gasteiger partial charge is 0.472 e. The zero-order valence-corrected chi connectivity index (χ0v) is 52.9. The van der Waals surface area contributed by atoms with Gasteiger partial charge in [0.15, 0.2) is 0 Å². The lowest BCUT2D eigenvalue weighted by Gasteiger charge is -2.25. The number of phosphoric acid groups is 1. The molecule has 0 rings (SSSR count). The number of carbonyl (C=O) groups is 1. The molecule has 0 bridgehead atoms. The number of hydrogen-bond donors (Lipinski definition) is 3. The summed E-state index contributed by atoms with van der Waals surface area (Å²) in [7, 11) is 1.60. The van der Waals surface area contributed by atoms with Crippen LogP contribution in [0.5, 0.6) is 0 Å². The highest BCUT2D eigenvalue weighted by molar-refractivity contribution is 7.47. The van der Waals surface area contributed by atoms with Gasteiger partial charge in [0.1, 0.15) is 13.2 Å². The van der Waals surface area contributed by atoms with E-state index in [0.29, 0.717) is 17.4 Å². The van der Waals surface area contributed by atoms with E-state index in [1.54, 1.807) is 6.08 Å². The van der Waals surface area contributed by atoms with E-state index in [9.17, 15) is 19.4 Å². The molecule has 3 N–H and O–H groups in total. The summed E-state index contributed by atoms with van der Waals surface area (Å²) in [5.74, 6) is -0.167. The van der Waals surface area contributed by atoms with Gasteiger partial charge in [0, 0.05) is 6.42 Å². The first-order chi connectivity index (χ1) is 37.0. The first-order valence-electron chi connectivity index (χ1n) is 34.1. The van der Waals surface area contributed by atoms with Gasteiger partial charge in [0.2, 0.25) is 5.91 Å². The Bertz CT molecular complexity index is 1240. The van der Waals surface area contributed by atoms with Gasteiger partial charge in [-0.3, -0.25) is 13.8 Å². The fourth-order valence-electron chi connectivity index (χ4n) is 10.7. The van der Waals surface area contributed by atoms with Gasteiger partial charge < -0.3 is 19.8 Å². The normalized spacial score (nSPS) is 13.7. The average Bonchev–Trinajstić information content (AvgIpc) is 3.38. The van der Waals surface area contributed by atoms with Gasteiger partial charge in [-0.25, -0.2) is 4.57 Å². The predicted molar refractivity (Wildman–Crippen MR) is 332 cm³/mol. The number of carbonyl (C=O) groups excluding carboxylic acids is 1. The number of unbranched alkanes of at least 4 members (excludes halogenated alkanes) is 51. The van der Waals surface area contributed by atoms with E-state index >= 15 is 0 Å². The van der Waals surface area contributed by atoms with Crippen molar-refractivity contribution in [3.8, 4) is 0 Å². The number of nitrogens with one attached hydrogen (secondary N) is 1. The van der Waals surface area contributed by atoms with Crippen molar-refractivity contribution in [1.82, 2.24) is 5.32 Å². The van der Waals surface area contributed by atoms with Gasteiger partial charge in [-0.2, -0.15) is 0 Å². The maximum absolute atomic E-state index is 13.0. The van der Waals surface area contributed by atoms with Gasteiger partial charge in [0.25, 0.3) is 0 Å². The molecule has 1 amide bonds. The van der Waals surface area contributed by atoms with Gasteiger partial charge in [0.05, 0.1) is 39.9 Å². The van der Waals surface area contributed by atoms with Crippen LogP contribution in [0.4, 0.5) is 0 Å². The van der Waals surface area contributed by atoms with Crippen molar-refractivity contribution in [1.29, 1.82) is 0 Å². The van der Waals surface area contributed by atoms with Gasteiger partial charge in [-0.15, -0.1) is 0 Å². The molecule has 0 aromatic rings. The van der Waals surface area contributed by atoms with Crippen LogP contribution in [-0.2, 0) is 18.4 Å². The molecule has 0 saturated carbocycles. The van der Waals surface area contributed by atoms with Gasteiger partial charge in [-0.1, -0.05) is 347 Å². The average molecular weight is 1100 g/mol. The van der Waals surface area contributed by atoms with E-state index in [0.717, 1.165) is 32.1 Å². The molecule has 0 fully saturated rings. The molecule has 76 heavy (non-hydrogen) atoms. The van der Waals surface area contributed by atoms with Crippen molar-refractivity contribution in [2.45, 2.75) is 373 Å². The fraction of sp³-hybridized carbons (Fsp3) is 0.955. The number of allylic oxidation sites excluding steroid dienone is 1. The maximum atomic E-state index is 13.0. The van der Waals surface area contributed by atoms with Crippen LogP contribution >= 0.6 is 7.82 Å². The van der Waals surface area contributed by atoms with Crippen LogP contribution in [0, 0.1) is 0 Å². The molecule has 0 radical (unpaired) electrons. The van der Waals surface area contributed by atoms with Crippen LogP contribution < -0.4 is 5.32 Å². The number of hydrogen-bond acceptors (Lipinski definition) is 5. The van der Waals surface area contributed by atoms with Crippen LogP contribution in [0.2, 0.25) is 0 Å². The lowest BCUT2D eigenvalue weighted by molar-refractivity contribution is -0.870. The summed E-state index contributed by atoms with van der Waals surface area (Å²) in [6.07, 6.45) is 74.9. The molecule has 0 aliphatic heterocycles. The van der Waals surface area contributed by atoms with Crippen molar-refractivity contribution in [3.63, 3.8) is 0 Å². The summed E-state index contributed by atoms with van der Waals surface area (Å²) in [6.45, 7) is 4.89. The number of nitrogens with zero attached hydrogens (tertiary/aromatic N) is 1. The Kier molecular flexibility index (Phi) is 58.3. The molecule has 3 atom stereocenters. The summed E-state index contributed by atoms with van der Waals surface area (Å²) in [4.78, 5) is 23.4. The fourth-order valence-corrected chi connectivity index (χ4v) is 11.4. The van der Waals surface area contributed by atoms with E-state index in [-0.39, 0.29) is 19.1 Å². The second-order valence-electron chi connectivity index (χ2n) is 24.9. The third kappa shape index (κ3) is 60.9. The van der Waals surface area contributed by atoms with E-state index in [2.05, 4.69) is 19.2 Å². The minimum atomic E-state index is -4.35. The second kappa shape index (κ2) is 58.9. The molecule has 0 saturated heterocycles. The number of rotatable bonds is 64. The van der Waals surface area contributed by atoms with E-state index in [1.807, 2.05) is 27.2 Å².